The van der Waals surface area contributed by atoms with Gasteiger partial charge in [0, 0.05) is 11.1 Å². The van der Waals surface area contributed by atoms with E-state index in [0.717, 1.165) is 18.4 Å². The van der Waals surface area contributed by atoms with Gasteiger partial charge in [0.25, 0.3) is 0 Å². The summed E-state index contributed by atoms with van der Waals surface area (Å²) in [5.74, 6) is -0.678. The molecule has 0 bridgehead atoms. The maximum atomic E-state index is 11.7. The zero-order valence-electron chi connectivity index (χ0n) is 16.3. The Bertz CT molecular complexity index is 944. The molecule has 7 nitrogen and oxygen atoms in total. The lowest BCUT2D eigenvalue weighted by Crippen LogP contribution is -2.38. The summed E-state index contributed by atoms with van der Waals surface area (Å²) < 4.78 is 11.5. The summed E-state index contributed by atoms with van der Waals surface area (Å²) in [6.07, 6.45) is 3.17. The van der Waals surface area contributed by atoms with Gasteiger partial charge in [0.1, 0.15) is 6.61 Å². The molecule has 2 aromatic carbocycles. The molecule has 0 saturated heterocycles. The Balaban J connectivity index is 1.66. The Hall–Kier alpha value is -2.77. The quantitative estimate of drug-likeness (QED) is 0.365. The van der Waals surface area contributed by atoms with Crippen LogP contribution < -0.4 is 20.2 Å². The Morgan fingerprint density at radius 1 is 1.13 bits per heavy atom. The number of amides is 2. The van der Waals surface area contributed by atoms with Crippen LogP contribution in [0.1, 0.15) is 30.9 Å². The van der Waals surface area contributed by atoms with E-state index in [2.05, 4.69) is 15.8 Å². The standard InChI is InChI=1S/C21H21Cl2N3O4/c1-2-29-18-10-14(11-24-26-21(28)20(27)25-16-7-8-16)9-17(23)19(18)30-12-13-3-5-15(22)6-4-13/h3-6,9-11,16H,2,7-8,12H2,1H3,(H,25,27)(H,26,28)/b24-11-. The van der Waals surface area contributed by atoms with Crippen molar-refractivity contribution in [3.05, 3.63) is 57.6 Å². The first-order valence-corrected chi connectivity index (χ1v) is 10.2. The van der Waals surface area contributed by atoms with Crippen molar-refractivity contribution in [2.75, 3.05) is 6.61 Å². The maximum absolute atomic E-state index is 11.7. The topological polar surface area (TPSA) is 89.0 Å². The van der Waals surface area contributed by atoms with Crippen LogP contribution >= 0.6 is 23.2 Å². The summed E-state index contributed by atoms with van der Waals surface area (Å²) in [4.78, 5) is 23.3. The summed E-state index contributed by atoms with van der Waals surface area (Å²) in [5.41, 5.74) is 3.69. The molecule has 158 valence electrons. The molecule has 1 aliphatic carbocycles. The van der Waals surface area contributed by atoms with Crippen LogP contribution in [0.5, 0.6) is 11.5 Å². The fourth-order valence-electron chi connectivity index (χ4n) is 2.50. The minimum atomic E-state index is -0.822. The van der Waals surface area contributed by atoms with Gasteiger partial charge in [-0.1, -0.05) is 35.3 Å². The SMILES string of the molecule is CCOc1cc(/C=N\NC(=O)C(=O)NC2CC2)cc(Cl)c1OCc1ccc(Cl)cc1. The normalized spacial score (nSPS) is 13.2. The number of halogens is 2. The third-order valence-corrected chi connectivity index (χ3v) is 4.66. The molecule has 0 spiro atoms. The molecule has 3 rings (SSSR count). The summed E-state index contributed by atoms with van der Waals surface area (Å²) in [5, 5.41) is 7.37. The number of hydrogen-bond donors (Lipinski definition) is 2. The third kappa shape index (κ3) is 6.37. The van der Waals surface area contributed by atoms with Crippen molar-refractivity contribution < 1.29 is 19.1 Å². The number of ether oxygens (including phenoxy) is 2. The van der Waals surface area contributed by atoms with E-state index in [1.807, 2.05) is 19.1 Å². The van der Waals surface area contributed by atoms with Crippen LogP contribution in [0, 0.1) is 0 Å². The third-order valence-electron chi connectivity index (χ3n) is 4.13. The van der Waals surface area contributed by atoms with Crippen LogP contribution in [0.15, 0.2) is 41.5 Å². The van der Waals surface area contributed by atoms with Gasteiger partial charge < -0.3 is 14.8 Å². The van der Waals surface area contributed by atoms with Crippen molar-refractivity contribution in [3.63, 3.8) is 0 Å². The number of nitrogens with zero attached hydrogens (tertiary/aromatic N) is 1. The predicted molar refractivity (Wildman–Crippen MR) is 115 cm³/mol. The molecule has 0 aromatic heterocycles. The number of hydrogen-bond acceptors (Lipinski definition) is 5. The molecule has 1 saturated carbocycles. The molecule has 9 heteroatoms. The molecule has 2 N–H and O–H groups in total. The number of carbonyl (C=O) groups excluding carboxylic acids is 2. The largest absolute Gasteiger partial charge is 0.490 e. The van der Waals surface area contributed by atoms with Crippen LogP contribution in [0.4, 0.5) is 0 Å². The molecule has 0 atom stereocenters. The average molecular weight is 450 g/mol. The van der Waals surface area contributed by atoms with Crippen LogP contribution in [0.2, 0.25) is 10.0 Å². The predicted octanol–water partition coefficient (Wildman–Crippen LogP) is 3.70. The van der Waals surface area contributed by atoms with Gasteiger partial charge in [0.15, 0.2) is 11.5 Å². The number of hydrazone groups is 1. The molecule has 0 aliphatic heterocycles. The van der Waals surface area contributed by atoms with Crippen LogP contribution in [-0.4, -0.2) is 30.7 Å². The van der Waals surface area contributed by atoms with Gasteiger partial charge in [-0.25, -0.2) is 5.43 Å². The van der Waals surface area contributed by atoms with Gasteiger partial charge in [0.2, 0.25) is 0 Å². The van der Waals surface area contributed by atoms with Crippen LogP contribution in [0.25, 0.3) is 0 Å². The number of carbonyl (C=O) groups is 2. The first-order valence-electron chi connectivity index (χ1n) is 9.43. The second kappa shape index (κ2) is 10.3. The molecule has 0 unspecified atom stereocenters. The van der Waals surface area contributed by atoms with Crippen molar-refractivity contribution in [2.45, 2.75) is 32.4 Å². The van der Waals surface area contributed by atoms with E-state index in [1.165, 1.54) is 6.21 Å². The van der Waals surface area contributed by atoms with E-state index in [-0.39, 0.29) is 12.6 Å². The fraction of sp³-hybridized carbons (Fsp3) is 0.286. The first-order chi connectivity index (χ1) is 14.5. The lowest BCUT2D eigenvalue weighted by atomic mass is 10.2. The molecule has 2 amide bonds. The monoisotopic (exact) mass is 449 g/mol. The fourth-order valence-corrected chi connectivity index (χ4v) is 2.90. The van der Waals surface area contributed by atoms with E-state index in [1.54, 1.807) is 24.3 Å². The average Bonchev–Trinajstić information content (AvgIpc) is 3.53. The van der Waals surface area contributed by atoms with Gasteiger partial charge in [-0.05, 0) is 55.2 Å². The lowest BCUT2D eigenvalue weighted by molar-refractivity contribution is -0.139. The summed E-state index contributed by atoms with van der Waals surface area (Å²) in [6.45, 7) is 2.54. The van der Waals surface area contributed by atoms with Crippen molar-refractivity contribution in [1.82, 2.24) is 10.7 Å². The van der Waals surface area contributed by atoms with Crippen molar-refractivity contribution in [1.29, 1.82) is 0 Å². The highest BCUT2D eigenvalue weighted by Crippen LogP contribution is 2.37. The second-order valence-electron chi connectivity index (χ2n) is 6.63. The Labute approximate surface area is 184 Å². The van der Waals surface area contributed by atoms with E-state index in [4.69, 9.17) is 32.7 Å². The molecule has 0 heterocycles. The van der Waals surface area contributed by atoms with Crippen molar-refractivity contribution in [2.24, 2.45) is 5.10 Å². The molecule has 0 radical (unpaired) electrons. The highest BCUT2D eigenvalue weighted by atomic mass is 35.5. The first kappa shape index (κ1) is 21.9. The van der Waals surface area contributed by atoms with E-state index in [0.29, 0.717) is 33.7 Å². The Kier molecular flexibility index (Phi) is 7.54. The molecular formula is C21H21Cl2N3O4. The summed E-state index contributed by atoms with van der Waals surface area (Å²) in [6, 6.07) is 10.7. The van der Waals surface area contributed by atoms with Crippen LogP contribution in [-0.2, 0) is 16.2 Å². The highest BCUT2D eigenvalue weighted by molar-refractivity contribution is 6.35. The number of benzene rings is 2. The molecule has 30 heavy (non-hydrogen) atoms. The Morgan fingerprint density at radius 2 is 1.87 bits per heavy atom. The van der Waals surface area contributed by atoms with E-state index in [9.17, 15) is 9.59 Å². The van der Waals surface area contributed by atoms with Gasteiger partial charge in [0.05, 0.1) is 17.8 Å². The zero-order valence-corrected chi connectivity index (χ0v) is 17.8. The number of nitrogens with one attached hydrogen (secondary N) is 2. The van der Waals surface area contributed by atoms with E-state index >= 15 is 0 Å². The zero-order chi connectivity index (χ0) is 21.5. The van der Waals surface area contributed by atoms with Crippen LogP contribution in [0.3, 0.4) is 0 Å². The van der Waals surface area contributed by atoms with Crippen molar-refractivity contribution >= 4 is 41.2 Å². The van der Waals surface area contributed by atoms with E-state index < -0.39 is 11.8 Å². The molecule has 1 fully saturated rings. The van der Waals surface area contributed by atoms with Crippen molar-refractivity contribution in [3.8, 4) is 11.5 Å². The summed E-state index contributed by atoms with van der Waals surface area (Å²) in [7, 11) is 0. The van der Waals surface area contributed by atoms with Gasteiger partial charge in [-0.15, -0.1) is 0 Å². The molecular weight excluding hydrogens is 429 g/mol. The minimum Gasteiger partial charge on any atom is -0.490 e. The molecule has 1 aliphatic rings. The number of rotatable bonds is 8. The highest BCUT2D eigenvalue weighted by Gasteiger charge is 2.26. The Morgan fingerprint density at radius 3 is 2.53 bits per heavy atom. The second-order valence-corrected chi connectivity index (χ2v) is 7.47. The minimum absolute atomic E-state index is 0.0974. The van der Waals surface area contributed by atoms with Gasteiger partial charge in [-0.2, -0.15) is 5.10 Å². The molecule has 2 aromatic rings. The summed E-state index contributed by atoms with van der Waals surface area (Å²) >= 11 is 12.3. The maximum Gasteiger partial charge on any atom is 0.329 e. The lowest BCUT2D eigenvalue weighted by Gasteiger charge is -2.14. The van der Waals surface area contributed by atoms with Gasteiger partial charge >= 0.3 is 11.8 Å². The smallest absolute Gasteiger partial charge is 0.329 e. The van der Waals surface area contributed by atoms with Gasteiger partial charge in [-0.3, -0.25) is 9.59 Å².